The average Bonchev–Trinajstić information content (AvgIpc) is 3.42. The van der Waals surface area contributed by atoms with Crippen LogP contribution in [-0.2, 0) is 16.8 Å². The molecule has 2 saturated heterocycles. The molecule has 1 amide bonds. The number of piperazine rings is 1. The summed E-state index contributed by atoms with van der Waals surface area (Å²) in [4.78, 5) is 17.6. The number of amides is 1. The first-order chi connectivity index (χ1) is 15.1. The highest BCUT2D eigenvalue weighted by Gasteiger charge is 2.35. The molecule has 2 aromatic carbocycles. The summed E-state index contributed by atoms with van der Waals surface area (Å²) in [6.07, 6.45) is 5.53. The van der Waals surface area contributed by atoms with Gasteiger partial charge in [-0.2, -0.15) is 0 Å². The summed E-state index contributed by atoms with van der Waals surface area (Å²) in [5.74, 6) is 0.255. The van der Waals surface area contributed by atoms with Gasteiger partial charge in [-0.15, -0.1) is 0 Å². The standard InChI is InChI=1S/C26H33N3O2/c30-25-21(19-20-5-1-2-6-24(20)28-17-14-27-15-18-28)11-16-29(25)23-9-7-22(8-10-23)26(31)12-3-4-13-26/h1-2,5-10,21,27,31H,3-4,11-19H2. The molecular weight excluding hydrogens is 386 g/mol. The predicted molar refractivity (Wildman–Crippen MR) is 124 cm³/mol. The number of carbonyl (C=O) groups is 1. The van der Waals surface area contributed by atoms with Crippen LogP contribution in [0.2, 0.25) is 0 Å². The molecule has 5 nitrogen and oxygen atoms in total. The van der Waals surface area contributed by atoms with E-state index in [1.165, 1.54) is 11.3 Å². The van der Waals surface area contributed by atoms with Crippen LogP contribution >= 0.6 is 0 Å². The molecule has 31 heavy (non-hydrogen) atoms. The second kappa shape index (κ2) is 8.64. The Morgan fingerprint density at radius 1 is 0.968 bits per heavy atom. The lowest BCUT2D eigenvalue weighted by molar-refractivity contribution is -0.120. The van der Waals surface area contributed by atoms with Crippen molar-refractivity contribution in [3.8, 4) is 0 Å². The highest BCUT2D eigenvalue weighted by atomic mass is 16.3. The molecule has 2 aromatic rings. The maximum absolute atomic E-state index is 13.3. The van der Waals surface area contributed by atoms with E-state index in [0.717, 1.165) is 82.5 Å². The van der Waals surface area contributed by atoms with Crippen molar-refractivity contribution >= 4 is 17.3 Å². The molecular formula is C26H33N3O2. The number of rotatable bonds is 5. The molecule has 2 N–H and O–H groups in total. The van der Waals surface area contributed by atoms with Gasteiger partial charge < -0.3 is 20.2 Å². The normalized spacial score (nSPS) is 23.5. The maximum Gasteiger partial charge on any atom is 0.230 e. The fraction of sp³-hybridized carbons (Fsp3) is 0.500. The summed E-state index contributed by atoms with van der Waals surface area (Å²) in [7, 11) is 0. The molecule has 1 atom stereocenters. The zero-order valence-electron chi connectivity index (χ0n) is 18.2. The first-order valence-corrected chi connectivity index (χ1v) is 11.8. The van der Waals surface area contributed by atoms with Gasteiger partial charge in [0.2, 0.25) is 5.91 Å². The summed E-state index contributed by atoms with van der Waals surface area (Å²) in [5, 5.41) is 14.2. The minimum atomic E-state index is -0.677. The van der Waals surface area contributed by atoms with Gasteiger partial charge in [0.15, 0.2) is 0 Å². The Balaban J connectivity index is 1.28. The van der Waals surface area contributed by atoms with Crippen LogP contribution in [0.5, 0.6) is 0 Å². The van der Waals surface area contributed by atoms with E-state index in [1.54, 1.807) is 0 Å². The van der Waals surface area contributed by atoms with Gasteiger partial charge in [-0.25, -0.2) is 0 Å². The summed E-state index contributed by atoms with van der Waals surface area (Å²) in [5.41, 5.74) is 3.83. The molecule has 5 heteroatoms. The van der Waals surface area contributed by atoms with Crippen LogP contribution in [0.25, 0.3) is 0 Å². The second-order valence-corrected chi connectivity index (χ2v) is 9.33. The van der Waals surface area contributed by atoms with Crippen molar-refractivity contribution in [1.29, 1.82) is 0 Å². The molecule has 0 aromatic heterocycles. The molecule has 3 fully saturated rings. The molecule has 1 unspecified atom stereocenters. The number of aliphatic hydroxyl groups is 1. The van der Waals surface area contributed by atoms with E-state index in [4.69, 9.17) is 0 Å². The van der Waals surface area contributed by atoms with E-state index in [1.807, 2.05) is 29.2 Å². The first kappa shape index (κ1) is 20.5. The Morgan fingerprint density at radius 2 is 1.68 bits per heavy atom. The molecule has 2 heterocycles. The van der Waals surface area contributed by atoms with Gasteiger partial charge in [0.05, 0.1) is 5.60 Å². The Bertz CT molecular complexity index is 915. The first-order valence-electron chi connectivity index (χ1n) is 11.8. The topological polar surface area (TPSA) is 55.8 Å². The van der Waals surface area contributed by atoms with Crippen molar-refractivity contribution in [2.75, 3.05) is 42.5 Å². The lowest BCUT2D eigenvalue weighted by atomic mass is 9.92. The third-order valence-corrected chi connectivity index (χ3v) is 7.38. The van der Waals surface area contributed by atoms with Crippen LogP contribution in [0.15, 0.2) is 48.5 Å². The van der Waals surface area contributed by atoms with Crippen molar-refractivity contribution in [1.82, 2.24) is 5.32 Å². The van der Waals surface area contributed by atoms with Crippen molar-refractivity contribution in [3.63, 3.8) is 0 Å². The number of hydrogen-bond donors (Lipinski definition) is 2. The van der Waals surface area contributed by atoms with E-state index in [9.17, 15) is 9.90 Å². The molecule has 1 saturated carbocycles. The van der Waals surface area contributed by atoms with Crippen LogP contribution in [0.1, 0.15) is 43.2 Å². The van der Waals surface area contributed by atoms with E-state index >= 15 is 0 Å². The fourth-order valence-corrected chi connectivity index (χ4v) is 5.55. The van der Waals surface area contributed by atoms with Gasteiger partial charge in [0.25, 0.3) is 0 Å². The van der Waals surface area contributed by atoms with E-state index in [-0.39, 0.29) is 11.8 Å². The van der Waals surface area contributed by atoms with Gasteiger partial charge in [-0.05, 0) is 55.0 Å². The smallest absolute Gasteiger partial charge is 0.230 e. The summed E-state index contributed by atoms with van der Waals surface area (Å²) in [6.45, 7) is 4.81. The number of para-hydroxylation sites is 1. The molecule has 0 spiro atoms. The molecule has 1 aliphatic carbocycles. The van der Waals surface area contributed by atoms with Crippen molar-refractivity contribution in [2.45, 2.75) is 44.1 Å². The Kier molecular flexibility index (Phi) is 5.72. The summed E-state index contributed by atoms with van der Waals surface area (Å²) in [6, 6.07) is 16.6. The van der Waals surface area contributed by atoms with Gasteiger partial charge in [0.1, 0.15) is 0 Å². The number of nitrogens with zero attached hydrogens (tertiary/aromatic N) is 2. The number of hydrogen-bond acceptors (Lipinski definition) is 4. The maximum atomic E-state index is 13.3. The molecule has 0 bridgehead atoms. The van der Waals surface area contributed by atoms with E-state index in [0.29, 0.717) is 0 Å². The van der Waals surface area contributed by atoms with Crippen molar-refractivity contribution < 1.29 is 9.90 Å². The second-order valence-electron chi connectivity index (χ2n) is 9.33. The Morgan fingerprint density at radius 3 is 2.42 bits per heavy atom. The number of carbonyl (C=O) groups excluding carboxylic acids is 1. The van der Waals surface area contributed by atoms with Gasteiger partial charge in [-0.1, -0.05) is 43.2 Å². The molecule has 3 aliphatic rings. The number of benzene rings is 2. The minimum absolute atomic E-state index is 0.0303. The number of anilines is 2. The SMILES string of the molecule is O=C1C(Cc2ccccc2N2CCNCC2)CCN1c1ccc(C2(O)CCCC2)cc1. The molecule has 0 radical (unpaired) electrons. The zero-order chi connectivity index (χ0) is 21.3. The highest BCUT2D eigenvalue weighted by Crippen LogP contribution is 2.39. The van der Waals surface area contributed by atoms with Crippen LogP contribution in [0, 0.1) is 5.92 Å². The number of nitrogens with one attached hydrogen (secondary N) is 1. The predicted octanol–water partition coefficient (Wildman–Crippen LogP) is 3.45. The fourth-order valence-electron chi connectivity index (χ4n) is 5.55. The quantitative estimate of drug-likeness (QED) is 0.779. The third kappa shape index (κ3) is 4.09. The lowest BCUT2D eigenvalue weighted by Crippen LogP contribution is -2.44. The molecule has 5 rings (SSSR count). The molecule has 2 aliphatic heterocycles. The zero-order valence-corrected chi connectivity index (χ0v) is 18.2. The minimum Gasteiger partial charge on any atom is -0.385 e. The Labute approximate surface area is 185 Å². The molecule has 164 valence electrons. The lowest BCUT2D eigenvalue weighted by Gasteiger charge is -2.31. The monoisotopic (exact) mass is 419 g/mol. The van der Waals surface area contributed by atoms with Crippen molar-refractivity contribution in [3.05, 3.63) is 59.7 Å². The van der Waals surface area contributed by atoms with Crippen LogP contribution < -0.4 is 15.1 Å². The van der Waals surface area contributed by atoms with Gasteiger partial charge >= 0.3 is 0 Å². The summed E-state index contributed by atoms with van der Waals surface area (Å²) < 4.78 is 0. The van der Waals surface area contributed by atoms with Crippen LogP contribution in [-0.4, -0.2) is 43.7 Å². The third-order valence-electron chi connectivity index (χ3n) is 7.38. The summed E-state index contributed by atoms with van der Waals surface area (Å²) >= 11 is 0. The average molecular weight is 420 g/mol. The van der Waals surface area contributed by atoms with E-state index in [2.05, 4.69) is 34.5 Å². The van der Waals surface area contributed by atoms with Crippen LogP contribution in [0.4, 0.5) is 11.4 Å². The van der Waals surface area contributed by atoms with E-state index < -0.39 is 5.60 Å². The highest BCUT2D eigenvalue weighted by molar-refractivity contribution is 5.97. The largest absolute Gasteiger partial charge is 0.385 e. The van der Waals surface area contributed by atoms with Gasteiger partial charge in [0, 0.05) is 50.0 Å². The van der Waals surface area contributed by atoms with Gasteiger partial charge in [-0.3, -0.25) is 4.79 Å². The van der Waals surface area contributed by atoms with Crippen molar-refractivity contribution in [2.24, 2.45) is 5.92 Å². The Hall–Kier alpha value is -2.37. The van der Waals surface area contributed by atoms with Crippen LogP contribution in [0.3, 0.4) is 0 Å².